The Morgan fingerprint density at radius 1 is 1.09 bits per heavy atom. The molecule has 1 amide bonds. The van der Waals surface area contributed by atoms with Crippen molar-refractivity contribution in [3.05, 3.63) is 58.6 Å². The van der Waals surface area contributed by atoms with Gasteiger partial charge in [0.1, 0.15) is 0 Å². The Morgan fingerprint density at radius 2 is 1.78 bits per heavy atom. The number of aryl methyl sites for hydroxylation is 1. The second-order valence-corrected chi connectivity index (χ2v) is 7.93. The third-order valence-electron chi connectivity index (χ3n) is 3.77. The van der Waals surface area contributed by atoms with Gasteiger partial charge in [-0.1, -0.05) is 32.9 Å². The number of rotatable bonds is 2. The van der Waals surface area contributed by atoms with Crippen molar-refractivity contribution in [1.29, 1.82) is 0 Å². The molecule has 4 heteroatoms. The van der Waals surface area contributed by atoms with Crippen LogP contribution in [0.5, 0.6) is 0 Å². The summed E-state index contributed by atoms with van der Waals surface area (Å²) in [6, 6.07) is 13.7. The molecule has 0 spiro atoms. The molecule has 0 unspecified atom stereocenters. The summed E-state index contributed by atoms with van der Waals surface area (Å²) in [6.07, 6.45) is 0. The molecule has 2 aromatic carbocycles. The fourth-order valence-electron chi connectivity index (χ4n) is 2.44. The Bertz CT molecular complexity index is 857. The molecule has 3 nitrogen and oxygen atoms in total. The first-order chi connectivity index (χ1) is 10.8. The molecule has 0 aliphatic rings. The van der Waals surface area contributed by atoms with E-state index in [9.17, 15) is 4.79 Å². The maximum atomic E-state index is 12.4. The molecule has 0 saturated heterocycles. The van der Waals surface area contributed by atoms with Crippen molar-refractivity contribution < 1.29 is 4.79 Å². The predicted molar refractivity (Wildman–Crippen MR) is 97.5 cm³/mol. The number of fused-ring (bicyclic) bond motifs is 1. The van der Waals surface area contributed by atoms with Crippen LogP contribution < -0.4 is 5.32 Å². The molecule has 1 N–H and O–H groups in total. The molecule has 3 aromatic rings. The van der Waals surface area contributed by atoms with E-state index in [2.05, 4.69) is 43.2 Å². The molecular formula is C19H20N2OS. The number of carbonyl (C=O) groups is 1. The highest BCUT2D eigenvalue weighted by atomic mass is 32.1. The van der Waals surface area contributed by atoms with Crippen molar-refractivity contribution in [1.82, 2.24) is 4.98 Å². The zero-order valence-corrected chi connectivity index (χ0v) is 14.6. The molecule has 3 rings (SSSR count). The predicted octanol–water partition coefficient (Wildman–Crippen LogP) is 5.15. The Balaban J connectivity index is 1.79. The first-order valence-corrected chi connectivity index (χ1v) is 8.44. The molecule has 0 aliphatic carbocycles. The quantitative estimate of drug-likeness (QED) is 0.708. The first kappa shape index (κ1) is 15.7. The summed E-state index contributed by atoms with van der Waals surface area (Å²) in [5, 5.41) is 3.95. The average Bonchev–Trinajstić information content (AvgIpc) is 2.85. The standard InChI is InChI=1S/C19H20N2OS/c1-12-20-16-11-13(5-10-17(16)23-12)18(22)21-15-8-6-14(7-9-15)19(2,3)4/h5-11H,1-4H3,(H,21,22). The fraction of sp³-hybridized carbons (Fsp3) is 0.263. The SMILES string of the molecule is Cc1nc2cc(C(=O)Nc3ccc(C(C)(C)C)cc3)ccc2s1. The number of benzene rings is 2. The molecular weight excluding hydrogens is 304 g/mol. The maximum absolute atomic E-state index is 12.4. The number of hydrogen-bond donors (Lipinski definition) is 1. The van der Waals surface area contributed by atoms with Gasteiger partial charge in [0.25, 0.3) is 5.91 Å². The number of hydrogen-bond acceptors (Lipinski definition) is 3. The van der Waals surface area contributed by atoms with E-state index in [0.717, 1.165) is 20.9 Å². The molecule has 0 bridgehead atoms. The highest BCUT2D eigenvalue weighted by Gasteiger charge is 2.14. The number of thiazole rings is 1. The van der Waals surface area contributed by atoms with Gasteiger partial charge in [0.05, 0.1) is 15.2 Å². The van der Waals surface area contributed by atoms with Gasteiger partial charge < -0.3 is 5.32 Å². The Hall–Kier alpha value is -2.20. The van der Waals surface area contributed by atoms with Crippen LogP contribution in [0.3, 0.4) is 0 Å². The van der Waals surface area contributed by atoms with Gasteiger partial charge in [-0.15, -0.1) is 11.3 Å². The maximum Gasteiger partial charge on any atom is 0.255 e. The van der Waals surface area contributed by atoms with Crippen LogP contribution in [0.25, 0.3) is 10.2 Å². The Morgan fingerprint density at radius 3 is 2.43 bits per heavy atom. The average molecular weight is 324 g/mol. The van der Waals surface area contributed by atoms with E-state index in [1.54, 1.807) is 11.3 Å². The van der Waals surface area contributed by atoms with E-state index in [0.29, 0.717) is 5.56 Å². The summed E-state index contributed by atoms with van der Waals surface area (Å²) in [6.45, 7) is 8.49. The van der Waals surface area contributed by atoms with Crippen molar-refractivity contribution in [3.8, 4) is 0 Å². The van der Waals surface area contributed by atoms with Gasteiger partial charge in [-0.3, -0.25) is 4.79 Å². The van der Waals surface area contributed by atoms with Gasteiger partial charge in [0, 0.05) is 11.3 Å². The van der Waals surface area contributed by atoms with Crippen LogP contribution in [-0.4, -0.2) is 10.9 Å². The number of aromatic nitrogens is 1. The summed E-state index contributed by atoms with van der Waals surface area (Å²) in [5.74, 6) is -0.110. The zero-order valence-electron chi connectivity index (χ0n) is 13.8. The Labute approximate surface area is 140 Å². The van der Waals surface area contributed by atoms with E-state index in [4.69, 9.17) is 0 Å². The molecule has 0 radical (unpaired) electrons. The number of nitrogens with one attached hydrogen (secondary N) is 1. The van der Waals surface area contributed by atoms with Crippen LogP contribution >= 0.6 is 11.3 Å². The van der Waals surface area contributed by atoms with E-state index < -0.39 is 0 Å². The van der Waals surface area contributed by atoms with Gasteiger partial charge in [-0.25, -0.2) is 4.98 Å². The first-order valence-electron chi connectivity index (χ1n) is 7.62. The second kappa shape index (κ2) is 5.78. The topological polar surface area (TPSA) is 42.0 Å². The minimum absolute atomic E-state index is 0.107. The highest BCUT2D eigenvalue weighted by Crippen LogP contribution is 2.25. The van der Waals surface area contributed by atoms with Crippen LogP contribution in [0.2, 0.25) is 0 Å². The lowest BCUT2D eigenvalue weighted by Gasteiger charge is -2.19. The van der Waals surface area contributed by atoms with Crippen LogP contribution in [0, 0.1) is 6.92 Å². The van der Waals surface area contributed by atoms with Gasteiger partial charge in [0.15, 0.2) is 0 Å². The number of amides is 1. The van der Waals surface area contributed by atoms with Crippen LogP contribution in [0.4, 0.5) is 5.69 Å². The monoisotopic (exact) mass is 324 g/mol. The molecule has 1 heterocycles. The number of anilines is 1. The van der Waals surface area contributed by atoms with Gasteiger partial charge in [-0.2, -0.15) is 0 Å². The largest absolute Gasteiger partial charge is 0.322 e. The lowest BCUT2D eigenvalue weighted by Crippen LogP contribution is -2.13. The third kappa shape index (κ3) is 3.42. The fourth-order valence-corrected chi connectivity index (χ4v) is 3.25. The van der Waals surface area contributed by atoms with Crippen LogP contribution in [0.15, 0.2) is 42.5 Å². The molecule has 0 fully saturated rings. The Kier molecular flexibility index (Phi) is 3.94. The van der Waals surface area contributed by atoms with Crippen LogP contribution in [-0.2, 0) is 5.41 Å². The molecule has 0 saturated carbocycles. The highest BCUT2D eigenvalue weighted by molar-refractivity contribution is 7.18. The smallest absolute Gasteiger partial charge is 0.255 e. The summed E-state index contributed by atoms with van der Waals surface area (Å²) in [5.41, 5.74) is 3.66. The van der Waals surface area contributed by atoms with Gasteiger partial charge in [0.2, 0.25) is 0 Å². The van der Waals surface area contributed by atoms with Crippen molar-refractivity contribution in [3.63, 3.8) is 0 Å². The third-order valence-corrected chi connectivity index (χ3v) is 4.72. The van der Waals surface area contributed by atoms with Gasteiger partial charge in [-0.05, 0) is 48.2 Å². The molecule has 118 valence electrons. The lowest BCUT2D eigenvalue weighted by molar-refractivity contribution is 0.102. The van der Waals surface area contributed by atoms with Crippen molar-refractivity contribution in [2.45, 2.75) is 33.1 Å². The number of carbonyl (C=O) groups excluding carboxylic acids is 1. The minimum Gasteiger partial charge on any atom is -0.322 e. The van der Waals surface area contributed by atoms with Crippen molar-refractivity contribution >= 4 is 33.1 Å². The molecule has 23 heavy (non-hydrogen) atoms. The van der Waals surface area contributed by atoms with Crippen molar-refractivity contribution in [2.24, 2.45) is 0 Å². The summed E-state index contributed by atoms with van der Waals surface area (Å²) in [7, 11) is 0. The molecule has 0 aliphatic heterocycles. The minimum atomic E-state index is -0.110. The lowest BCUT2D eigenvalue weighted by atomic mass is 9.87. The van der Waals surface area contributed by atoms with E-state index in [1.807, 2.05) is 37.3 Å². The van der Waals surface area contributed by atoms with Crippen molar-refractivity contribution in [2.75, 3.05) is 5.32 Å². The summed E-state index contributed by atoms with van der Waals surface area (Å²) < 4.78 is 1.11. The molecule has 0 atom stereocenters. The zero-order chi connectivity index (χ0) is 16.6. The van der Waals surface area contributed by atoms with Gasteiger partial charge >= 0.3 is 0 Å². The summed E-state index contributed by atoms with van der Waals surface area (Å²) in [4.78, 5) is 16.9. The van der Waals surface area contributed by atoms with E-state index >= 15 is 0 Å². The van der Waals surface area contributed by atoms with E-state index in [-0.39, 0.29) is 11.3 Å². The molecule has 1 aromatic heterocycles. The summed E-state index contributed by atoms with van der Waals surface area (Å²) >= 11 is 1.64. The van der Waals surface area contributed by atoms with Crippen LogP contribution in [0.1, 0.15) is 41.7 Å². The number of nitrogens with zero attached hydrogens (tertiary/aromatic N) is 1. The second-order valence-electron chi connectivity index (χ2n) is 6.70. The van der Waals surface area contributed by atoms with E-state index in [1.165, 1.54) is 5.56 Å². The normalized spacial score (nSPS) is 11.7.